The molecule has 1 saturated heterocycles. The van der Waals surface area contributed by atoms with E-state index < -0.39 is 6.09 Å². The van der Waals surface area contributed by atoms with Gasteiger partial charge in [-0.25, -0.2) is 14.5 Å². The van der Waals surface area contributed by atoms with E-state index in [1.807, 2.05) is 44.6 Å². The van der Waals surface area contributed by atoms with Gasteiger partial charge in [0.25, 0.3) is 0 Å². The molecule has 34 heavy (non-hydrogen) atoms. The van der Waals surface area contributed by atoms with Crippen LogP contribution in [-0.4, -0.2) is 54.6 Å². The molecule has 3 N–H and O–H groups in total. The van der Waals surface area contributed by atoms with Gasteiger partial charge in [0.2, 0.25) is 5.95 Å². The fraction of sp³-hybridized carbons (Fsp3) is 0.348. The van der Waals surface area contributed by atoms with Crippen molar-refractivity contribution in [3.8, 4) is 5.69 Å². The van der Waals surface area contributed by atoms with Crippen molar-refractivity contribution in [3.63, 3.8) is 0 Å². The molecule has 11 nitrogen and oxygen atoms in total. The largest absolute Gasteiger partial charge is 0.444 e. The number of carbonyl (C=O) groups excluding carboxylic acids is 1. The van der Waals surface area contributed by atoms with Gasteiger partial charge in [-0.2, -0.15) is 15.1 Å². The van der Waals surface area contributed by atoms with Crippen LogP contribution in [0.1, 0.15) is 31.9 Å². The molecule has 1 aliphatic heterocycles. The van der Waals surface area contributed by atoms with Crippen molar-refractivity contribution in [3.05, 3.63) is 54.6 Å². The highest BCUT2D eigenvalue weighted by Crippen LogP contribution is 2.27. The van der Waals surface area contributed by atoms with Crippen molar-refractivity contribution in [2.24, 2.45) is 5.73 Å². The molecule has 0 aliphatic carbocycles. The van der Waals surface area contributed by atoms with E-state index in [4.69, 9.17) is 20.4 Å². The fourth-order valence-electron chi connectivity index (χ4n) is 4.19. The number of benzene rings is 1. The molecule has 3 aromatic heterocycles. The summed E-state index contributed by atoms with van der Waals surface area (Å²) in [6.07, 6.45) is 5.10. The number of aromatic nitrogens is 6. The highest BCUT2D eigenvalue weighted by atomic mass is 16.6. The predicted octanol–water partition coefficient (Wildman–Crippen LogP) is 2.88. The summed E-state index contributed by atoms with van der Waals surface area (Å²) in [4.78, 5) is 27.4. The fourth-order valence-corrected chi connectivity index (χ4v) is 4.19. The van der Waals surface area contributed by atoms with E-state index in [-0.39, 0.29) is 12.1 Å². The Morgan fingerprint density at radius 3 is 2.88 bits per heavy atom. The molecule has 1 aliphatic rings. The molecule has 1 aromatic carbocycles. The third kappa shape index (κ3) is 4.24. The summed E-state index contributed by atoms with van der Waals surface area (Å²) in [5.74, 6) is 1.21. The van der Waals surface area contributed by atoms with Crippen LogP contribution < -0.4 is 16.0 Å². The summed E-state index contributed by atoms with van der Waals surface area (Å²) in [5.41, 5.74) is 8.71. The number of anilines is 2. The van der Waals surface area contributed by atoms with Crippen LogP contribution in [0.5, 0.6) is 0 Å². The van der Waals surface area contributed by atoms with E-state index >= 15 is 0 Å². The third-order valence-corrected chi connectivity index (χ3v) is 5.87. The van der Waals surface area contributed by atoms with Gasteiger partial charge in [0, 0.05) is 37.9 Å². The van der Waals surface area contributed by atoms with Crippen LogP contribution in [0.4, 0.5) is 16.6 Å². The molecular formula is C23H27N9O2. The Morgan fingerprint density at radius 1 is 1.26 bits per heavy atom. The first kappa shape index (κ1) is 21.7. The molecule has 0 bridgehead atoms. The Bertz CT molecular complexity index is 1300. The van der Waals surface area contributed by atoms with Crippen molar-refractivity contribution < 1.29 is 9.53 Å². The minimum atomic E-state index is -0.765. The molecule has 0 radical (unpaired) electrons. The van der Waals surface area contributed by atoms with Crippen molar-refractivity contribution in [1.29, 1.82) is 0 Å². The van der Waals surface area contributed by atoms with Crippen molar-refractivity contribution in [2.75, 3.05) is 23.3 Å². The number of carbonyl (C=O) groups is 1. The van der Waals surface area contributed by atoms with E-state index in [1.54, 1.807) is 12.5 Å². The lowest BCUT2D eigenvalue weighted by Crippen LogP contribution is -2.28. The van der Waals surface area contributed by atoms with Gasteiger partial charge in [-0.05, 0) is 31.5 Å². The van der Waals surface area contributed by atoms with Gasteiger partial charge in [0.15, 0.2) is 17.0 Å². The maximum Gasteiger partial charge on any atom is 0.404 e. The van der Waals surface area contributed by atoms with E-state index in [2.05, 4.69) is 35.3 Å². The van der Waals surface area contributed by atoms with Gasteiger partial charge in [0.05, 0.1) is 18.6 Å². The number of para-hydroxylation sites is 1. The molecule has 1 atom stereocenters. The normalized spacial score (nSPS) is 15.9. The van der Waals surface area contributed by atoms with Crippen molar-refractivity contribution >= 4 is 29.0 Å². The molecule has 1 unspecified atom stereocenters. The van der Waals surface area contributed by atoms with Gasteiger partial charge in [-0.3, -0.25) is 0 Å². The first-order valence-electron chi connectivity index (χ1n) is 11.3. The SMILES string of the molecule is CC(C)n1cnc2c(NCc3ccccc3-n3cccn3)nc(N3CCC(OC(N)=O)C3)nc21. The minimum absolute atomic E-state index is 0.186. The van der Waals surface area contributed by atoms with Crippen LogP contribution in [0, 0.1) is 0 Å². The highest BCUT2D eigenvalue weighted by molar-refractivity contribution is 5.84. The summed E-state index contributed by atoms with van der Waals surface area (Å²) in [6, 6.07) is 10.2. The van der Waals surface area contributed by atoms with Crippen LogP contribution in [0.3, 0.4) is 0 Å². The molecule has 4 aromatic rings. The molecule has 176 valence electrons. The summed E-state index contributed by atoms with van der Waals surface area (Å²) in [6.45, 7) is 5.86. The lowest BCUT2D eigenvalue weighted by molar-refractivity contribution is 0.117. The Balaban J connectivity index is 1.47. The minimum Gasteiger partial charge on any atom is -0.444 e. The number of amides is 1. The van der Waals surface area contributed by atoms with E-state index in [0.29, 0.717) is 43.3 Å². The van der Waals surface area contributed by atoms with Crippen molar-refractivity contribution in [2.45, 2.75) is 39.0 Å². The molecule has 4 heterocycles. The zero-order valence-corrected chi connectivity index (χ0v) is 19.1. The highest BCUT2D eigenvalue weighted by Gasteiger charge is 2.28. The molecule has 5 rings (SSSR count). The lowest BCUT2D eigenvalue weighted by Gasteiger charge is -2.18. The number of nitrogens with two attached hydrogens (primary N) is 1. The number of hydrogen-bond acceptors (Lipinski definition) is 8. The summed E-state index contributed by atoms with van der Waals surface area (Å²) in [7, 11) is 0. The molecule has 1 amide bonds. The smallest absolute Gasteiger partial charge is 0.404 e. The number of hydrogen-bond donors (Lipinski definition) is 2. The van der Waals surface area contributed by atoms with Crippen molar-refractivity contribution in [1.82, 2.24) is 29.3 Å². The first-order chi connectivity index (χ1) is 16.5. The Hall–Kier alpha value is -4.15. The zero-order chi connectivity index (χ0) is 23.7. The quantitative estimate of drug-likeness (QED) is 0.430. The summed E-state index contributed by atoms with van der Waals surface area (Å²) < 4.78 is 9.05. The monoisotopic (exact) mass is 461 g/mol. The van der Waals surface area contributed by atoms with Crippen LogP contribution in [0.15, 0.2) is 49.1 Å². The van der Waals surface area contributed by atoms with Crippen LogP contribution >= 0.6 is 0 Å². The third-order valence-electron chi connectivity index (χ3n) is 5.87. The van der Waals surface area contributed by atoms with Gasteiger partial charge < -0.3 is 25.3 Å². The Morgan fingerprint density at radius 2 is 2.12 bits per heavy atom. The molecule has 11 heteroatoms. The van der Waals surface area contributed by atoms with Crippen LogP contribution in [0.2, 0.25) is 0 Å². The van der Waals surface area contributed by atoms with Gasteiger partial charge >= 0.3 is 6.09 Å². The molecule has 0 spiro atoms. The average Bonchev–Trinajstić information content (AvgIpc) is 3.57. The average molecular weight is 462 g/mol. The topological polar surface area (TPSA) is 129 Å². The molecular weight excluding hydrogens is 434 g/mol. The van der Waals surface area contributed by atoms with Gasteiger partial charge in [0.1, 0.15) is 6.10 Å². The Kier molecular flexibility index (Phi) is 5.74. The number of rotatable bonds is 7. The van der Waals surface area contributed by atoms with Crippen LogP contribution in [-0.2, 0) is 11.3 Å². The van der Waals surface area contributed by atoms with E-state index in [1.165, 1.54) is 0 Å². The van der Waals surface area contributed by atoms with E-state index in [9.17, 15) is 4.79 Å². The molecule has 1 fully saturated rings. The van der Waals surface area contributed by atoms with Crippen LogP contribution in [0.25, 0.3) is 16.9 Å². The number of ether oxygens (including phenoxy) is 1. The number of primary amides is 1. The van der Waals surface area contributed by atoms with Gasteiger partial charge in [-0.15, -0.1) is 0 Å². The standard InChI is InChI=1S/C23H27N9O2/c1-15(2)31-14-26-19-20(25-12-16-6-3-4-7-18(16)32-10-5-9-27-32)28-23(29-21(19)31)30-11-8-17(13-30)34-22(24)33/h3-7,9-10,14-15,17H,8,11-13H2,1-2H3,(H2,24,33)(H,25,28,29). The lowest BCUT2D eigenvalue weighted by atomic mass is 10.2. The number of nitrogens with zero attached hydrogens (tertiary/aromatic N) is 7. The number of nitrogens with one attached hydrogen (secondary N) is 1. The first-order valence-corrected chi connectivity index (χ1v) is 11.3. The summed E-state index contributed by atoms with van der Waals surface area (Å²) in [5, 5.41) is 7.83. The maximum atomic E-state index is 11.2. The van der Waals surface area contributed by atoms with E-state index in [0.717, 1.165) is 16.9 Å². The second kappa shape index (κ2) is 9.00. The number of imidazole rings is 1. The number of fused-ring (bicyclic) bond motifs is 1. The molecule has 0 saturated carbocycles. The van der Waals surface area contributed by atoms with Gasteiger partial charge in [-0.1, -0.05) is 18.2 Å². The second-order valence-electron chi connectivity index (χ2n) is 8.52. The second-order valence-corrected chi connectivity index (χ2v) is 8.52. The Labute approximate surface area is 196 Å². The zero-order valence-electron chi connectivity index (χ0n) is 19.1. The predicted molar refractivity (Wildman–Crippen MR) is 128 cm³/mol. The maximum absolute atomic E-state index is 11.2. The summed E-state index contributed by atoms with van der Waals surface area (Å²) >= 11 is 0.